The highest BCUT2D eigenvalue weighted by atomic mass is 16.1. The van der Waals surface area contributed by atoms with E-state index in [1.54, 1.807) is 0 Å². The van der Waals surface area contributed by atoms with Crippen LogP contribution in [-0.4, -0.2) is 18.0 Å². The van der Waals surface area contributed by atoms with Crippen LogP contribution in [0.1, 0.15) is 37.7 Å². The number of hydrogen-bond donors (Lipinski definition) is 2. The lowest BCUT2D eigenvalue weighted by molar-refractivity contribution is -0.122. The van der Waals surface area contributed by atoms with E-state index in [2.05, 4.69) is 53.1 Å². The lowest BCUT2D eigenvalue weighted by Crippen LogP contribution is -2.39. The number of nitrogens with one attached hydrogen (secondary N) is 2. The zero-order valence-electron chi connectivity index (χ0n) is 13.4. The summed E-state index contributed by atoms with van der Waals surface area (Å²) < 4.78 is 0. The molecule has 0 aromatic heterocycles. The largest absolute Gasteiger partial charge is 0.352 e. The van der Waals surface area contributed by atoms with Gasteiger partial charge in [0.2, 0.25) is 5.91 Å². The first-order valence-electron chi connectivity index (χ1n) is 8.77. The third-order valence-electron chi connectivity index (χ3n) is 5.35. The molecule has 2 bridgehead atoms. The second kappa shape index (κ2) is 6.32. The number of piperidine rings is 1. The van der Waals surface area contributed by atoms with Crippen molar-refractivity contribution in [1.29, 1.82) is 0 Å². The summed E-state index contributed by atoms with van der Waals surface area (Å²) in [5.41, 5.74) is 1.17. The Labute approximate surface area is 137 Å². The Morgan fingerprint density at radius 1 is 1.04 bits per heavy atom. The average Bonchev–Trinajstić information content (AvgIpc) is 2.91. The van der Waals surface area contributed by atoms with Crippen molar-refractivity contribution >= 4 is 16.7 Å². The van der Waals surface area contributed by atoms with Gasteiger partial charge in [0.15, 0.2) is 0 Å². The molecule has 2 aromatic carbocycles. The molecule has 0 spiro atoms. The molecule has 1 amide bonds. The van der Waals surface area contributed by atoms with Crippen LogP contribution >= 0.6 is 0 Å². The lowest BCUT2D eigenvalue weighted by atomic mass is 9.89. The minimum Gasteiger partial charge on any atom is -0.352 e. The Bertz CT molecular complexity index is 700. The first-order chi connectivity index (χ1) is 11.3. The van der Waals surface area contributed by atoms with Crippen molar-refractivity contribution in [3.8, 4) is 0 Å². The SMILES string of the molecule is O=C(CC1CC2CCC(C1)N2)NCc1ccc2ccccc2c1. The molecule has 0 aliphatic carbocycles. The van der Waals surface area contributed by atoms with Crippen molar-refractivity contribution in [2.75, 3.05) is 0 Å². The lowest BCUT2D eigenvalue weighted by Gasteiger charge is -2.28. The number of fused-ring (bicyclic) bond motifs is 3. The van der Waals surface area contributed by atoms with Gasteiger partial charge < -0.3 is 10.6 Å². The van der Waals surface area contributed by atoms with E-state index in [1.807, 2.05) is 0 Å². The molecule has 2 saturated heterocycles. The van der Waals surface area contributed by atoms with E-state index < -0.39 is 0 Å². The van der Waals surface area contributed by atoms with Crippen LogP contribution in [0.2, 0.25) is 0 Å². The summed E-state index contributed by atoms with van der Waals surface area (Å²) in [5, 5.41) is 9.21. The Morgan fingerprint density at radius 3 is 2.57 bits per heavy atom. The monoisotopic (exact) mass is 308 g/mol. The summed E-state index contributed by atoms with van der Waals surface area (Å²) >= 11 is 0. The van der Waals surface area contributed by atoms with Gasteiger partial charge in [-0.3, -0.25) is 4.79 Å². The Balaban J connectivity index is 1.32. The van der Waals surface area contributed by atoms with Gasteiger partial charge in [-0.1, -0.05) is 36.4 Å². The molecule has 0 radical (unpaired) electrons. The van der Waals surface area contributed by atoms with Gasteiger partial charge in [-0.05, 0) is 54.0 Å². The Hall–Kier alpha value is -1.87. The van der Waals surface area contributed by atoms with E-state index in [-0.39, 0.29) is 5.91 Å². The molecule has 2 atom stereocenters. The molecule has 3 nitrogen and oxygen atoms in total. The highest BCUT2D eigenvalue weighted by molar-refractivity contribution is 5.83. The molecule has 2 aliphatic heterocycles. The molecule has 3 heteroatoms. The molecule has 4 rings (SSSR count). The van der Waals surface area contributed by atoms with Gasteiger partial charge in [-0.25, -0.2) is 0 Å². The smallest absolute Gasteiger partial charge is 0.220 e. The fraction of sp³-hybridized carbons (Fsp3) is 0.450. The van der Waals surface area contributed by atoms with Gasteiger partial charge >= 0.3 is 0 Å². The summed E-state index contributed by atoms with van der Waals surface area (Å²) in [5.74, 6) is 0.759. The minimum absolute atomic E-state index is 0.199. The van der Waals surface area contributed by atoms with Gasteiger partial charge in [-0.2, -0.15) is 0 Å². The van der Waals surface area contributed by atoms with E-state index in [0.29, 0.717) is 31.0 Å². The van der Waals surface area contributed by atoms with E-state index >= 15 is 0 Å². The van der Waals surface area contributed by atoms with Crippen LogP contribution in [0.5, 0.6) is 0 Å². The molecular formula is C20H24N2O. The molecule has 2 aliphatic rings. The van der Waals surface area contributed by atoms with E-state index in [9.17, 15) is 4.79 Å². The number of amides is 1. The summed E-state index contributed by atoms with van der Waals surface area (Å²) in [6.45, 7) is 0.626. The van der Waals surface area contributed by atoms with Gasteiger partial charge in [0.05, 0.1) is 0 Å². The molecule has 120 valence electrons. The van der Waals surface area contributed by atoms with Crippen LogP contribution in [0, 0.1) is 5.92 Å². The van der Waals surface area contributed by atoms with Gasteiger partial charge in [0, 0.05) is 25.0 Å². The van der Waals surface area contributed by atoms with Crippen LogP contribution in [0.15, 0.2) is 42.5 Å². The predicted octanol–water partition coefficient (Wildman–Crippen LogP) is 3.38. The summed E-state index contributed by atoms with van der Waals surface area (Å²) in [6.07, 6.45) is 5.60. The van der Waals surface area contributed by atoms with Crippen LogP contribution < -0.4 is 10.6 Å². The fourth-order valence-corrected chi connectivity index (χ4v) is 4.23. The predicted molar refractivity (Wildman–Crippen MR) is 93.1 cm³/mol. The van der Waals surface area contributed by atoms with E-state index in [1.165, 1.54) is 42.0 Å². The second-order valence-corrected chi connectivity index (χ2v) is 7.14. The third-order valence-corrected chi connectivity index (χ3v) is 5.35. The number of rotatable bonds is 4. The summed E-state index contributed by atoms with van der Waals surface area (Å²) in [7, 11) is 0. The summed E-state index contributed by atoms with van der Waals surface area (Å²) in [6, 6.07) is 16.1. The summed E-state index contributed by atoms with van der Waals surface area (Å²) in [4.78, 5) is 12.3. The average molecular weight is 308 g/mol. The zero-order chi connectivity index (χ0) is 15.6. The van der Waals surface area contributed by atoms with Crippen molar-refractivity contribution in [2.45, 2.75) is 50.7 Å². The zero-order valence-corrected chi connectivity index (χ0v) is 13.4. The molecular weight excluding hydrogens is 284 g/mol. The maximum absolute atomic E-state index is 12.3. The topological polar surface area (TPSA) is 41.1 Å². The maximum Gasteiger partial charge on any atom is 0.220 e. The quantitative estimate of drug-likeness (QED) is 0.909. The third kappa shape index (κ3) is 3.40. The van der Waals surface area contributed by atoms with E-state index in [4.69, 9.17) is 0 Å². The van der Waals surface area contributed by atoms with Crippen LogP contribution in [0.3, 0.4) is 0 Å². The van der Waals surface area contributed by atoms with Crippen molar-refractivity contribution in [3.63, 3.8) is 0 Å². The second-order valence-electron chi connectivity index (χ2n) is 7.14. The number of carbonyl (C=O) groups excluding carboxylic acids is 1. The molecule has 2 aromatic rings. The van der Waals surface area contributed by atoms with E-state index in [0.717, 1.165) is 0 Å². The maximum atomic E-state index is 12.3. The molecule has 23 heavy (non-hydrogen) atoms. The number of carbonyl (C=O) groups is 1. The van der Waals surface area contributed by atoms with Gasteiger partial charge in [-0.15, -0.1) is 0 Å². The van der Waals surface area contributed by atoms with Gasteiger partial charge in [0.1, 0.15) is 0 Å². The minimum atomic E-state index is 0.199. The molecule has 2 heterocycles. The first kappa shape index (κ1) is 14.7. The number of benzene rings is 2. The number of hydrogen-bond acceptors (Lipinski definition) is 2. The molecule has 2 unspecified atom stereocenters. The first-order valence-corrected chi connectivity index (χ1v) is 8.77. The molecule has 2 N–H and O–H groups in total. The van der Waals surface area contributed by atoms with Crippen LogP contribution in [0.4, 0.5) is 0 Å². The standard InChI is InChI=1S/C20H24N2O/c23-20(12-15-10-18-7-8-19(11-15)22-18)21-13-14-5-6-16-3-1-2-4-17(16)9-14/h1-6,9,15,18-19,22H,7-8,10-13H2,(H,21,23). The van der Waals surface area contributed by atoms with Crippen molar-refractivity contribution < 1.29 is 4.79 Å². The highest BCUT2D eigenvalue weighted by Crippen LogP contribution is 2.32. The fourth-order valence-electron chi connectivity index (χ4n) is 4.23. The Kier molecular flexibility index (Phi) is 4.04. The van der Waals surface area contributed by atoms with Crippen molar-refractivity contribution in [3.05, 3.63) is 48.0 Å². The Morgan fingerprint density at radius 2 is 1.78 bits per heavy atom. The van der Waals surface area contributed by atoms with Crippen molar-refractivity contribution in [1.82, 2.24) is 10.6 Å². The van der Waals surface area contributed by atoms with Crippen molar-refractivity contribution in [2.24, 2.45) is 5.92 Å². The van der Waals surface area contributed by atoms with Gasteiger partial charge in [0.25, 0.3) is 0 Å². The normalized spacial score (nSPS) is 26.3. The highest BCUT2D eigenvalue weighted by Gasteiger charge is 2.34. The van der Waals surface area contributed by atoms with Crippen LogP contribution in [0.25, 0.3) is 10.8 Å². The molecule has 0 saturated carbocycles. The van der Waals surface area contributed by atoms with Crippen LogP contribution in [-0.2, 0) is 11.3 Å². The molecule has 2 fully saturated rings.